The summed E-state index contributed by atoms with van der Waals surface area (Å²) in [6, 6.07) is 13.4. The van der Waals surface area contributed by atoms with Crippen molar-refractivity contribution in [3.8, 4) is 0 Å². The lowest BCUT2D eigenvalue weighted by Gasteiger charge is -2.16. The largest absolute Gasteiger partial charge is 0.384 e. The number of anilines is 1. The Morgan fingerprint density at radius 1 is 1.20 bits per heavy atom. The number of primary amides is 1. The van der Waals surface area contributed by atoms with Gasteiger partial charge in [-0.1, -0.05) is 23.7 Å². The highest BCUT2D eigenvalue weighted by atomic mass is 35.5. The Kier molecular flexibility index (Phi) is 5.14. The van der Waals surface area contributed by atoms with Crippen LogP contribution in [0, 0.1) is 11.7 Å². The number of pyridine rings is 1. The third-order valence-corrected chi connectivity index (χ3v) is 4.28. The van der Waals surface area contributed by atoms with E-state index in [0.717, 1.165) is 22.2 Å². The molecule has 25 heavy (non-hydrogen) atoms. The first-order valence-electron chi connectivity index (χ1n) is 7.85. The molecular weight excluding hydrogens is 341 g/mol. The van der Waals surface area contributed by atoms with Crippen molar-refractivity contribution in [1.82, 2.24) is 4.98 Å². The molecule has 0 radical (unpaired) electrons. The van der Waals surface area contributed by atoms with Crippen LogP contribution in [0.3, 0.4) is 0 Å². The van der Waals surface area contributed by atoms with Gasteiger partial charge in [0.05, 0.1) is 11.4 Å². The van der Waals surface area contributed by atoms with Crippen LogP contribution in [-0.4, -0.2) is 17.4 Å². The minimum atomic E-state index is -0.416. The summed E-state index contributed by atoms with van der Waals surface area (Å²) in [4.78, 5) is 16.1. The molecule has 1 amide bonds. The van der Waals surface area contributed by atoms with Crippen LogP contribution in [0.1, 0.15) is 5.56 Å². The van der Waals surface area contributed by atoms with Crippen molar-refractivity contribution in [3.63, 3.8) is 0 Å². The quantitative estimate of drug-likeness (QED) is 0.705. The predicted octanol–water partition coefficient (Wildman–Crippen LogP) is 3.78. The molecule has 0 saturated heterocycles. The molecule has 1 unspecified atom stereocenters. The maximum absolute atomic E-state index is 13.0. The SMILES string of the molecule is NC(=O)C(CNc1ccnc2cc(Cl)ccc12)Cc1ccc(F)cc1. The summed E-state index contributed by atoms with van der Waals surface area (Å²) in [5.74, 6) is -1.13. The van der Waals surface area contributed by atoms with Crippen molar-refractivity contribution in [1.29, 1.82) is 0 Å². The Morgan fingerprint density at radius 3 is 2.68 bits per heavy atom. The van der Waals surface area contributed by atoms with Gasteiger partial charge < -0.3 is 11.1 Å². The maximum Gasteiger partial charge on any atom is 0.222 e. The zero-order valence-corrected chi connectivity index (χ0v) is 14.1. The number of carbonyl (C=O) groups excluding carboxylic acids is 1. The third kappa shape index (κ3) is 4.25. The molecule has 6 heteroatoms. The van der Waals surface area contributed by atoms with E-state index >= 15 is 0 Å². The molecule has 128 valence electrons. The second kappa shape index (κ2) is 7.49. The van der Waals surface area contributed by atoms with Crippen molar-refractivity contribution < 1.29 is 9.18 Å². The number of rotatable bonds is 6. The van der Waals surface area contributed by atoms with Gasteiger partial charge in [-0.25, -0.2) is 4.39 Å². The fraction of sp³-hybridized carbons (Fsp3) is 0.158. The smallest absolute Gasteiger partial charge is 0.222 e. The van der Waals surface area contributed by atoms with Gasteiger partial charge in [-0.2, -0.15) is 0 Å². The Hall–Kier alpha value is -2.66. The average molecular weight is 358 g/mol. The molecule has 1 atom stereocenters. The van der Waals surface area contributed by atoms with Crippen molar-refractivity contribution in [3.05, 3.63) is 71.1 Å². The van der Waals surface area contributed by atoms with Gasteiger partial charge >= 0.3 is 0 Å². The number of nitrogens with one attached hydrogen (secondary N) is 1. The van der Waals surface area contributed by atoms with Crippen LogP contribution in [0.2, 0.25) is 5.02 Å². The van der Waals surface area contributed by atoms with E-state index in [4.69, 9.17) is 17.3 Å². The molecule has 0 aliphatic carbocycles. The van der Waals surface area contributed by atoms with E-state index in [0.29, 0.717) is 18.0 Å². The molecule has 3 N–H and O–H groups in total. The summed E-state index contributed by atoms with van der Waals surface area (Å²) in [5.41, 5.74) is 8.01. The lowest BCUT2D eigenvalue weighted by Crippen LogP contribution is -2.31. The van der Waals surface area contributed by atoms with Gasteiger partial charge in [0.1, 0.15) is 5.82 Å². The minimum Gasteiger partial charge on any atom is -0.384 e. The molecule has 2 aromatic carbocycles. The lowest BCUT2D eigenvalue weighted by molar-refractivity contribution is -0.121. The number of halogens is 2. The summed E-state index contributed by atoms with van der Waals surface area (Å²) < 4.78 is 13.0. The molecule has 1 heterocycles. The summed E-state index contributed by atoms with van der Waals surface area (Å²) in [6.07, 6.45) is 2.12. The van der Waals surface area contributed by atoms with E-state index in [1.807, 2.05) is 12.1 Å². The number of fused-ring (bicyclic) bond motifs is 1. The number of nitrogens with zero attached hydrogens (tertiary/aromatic N) is 1. The van der Waals surface area contributed by atoms with E-state index in [2.05, 4.69) is 10.3 Å². The summed E-state index contributed by atoms with van der Waals surface area (Å²) in [5, 5.41) is 4.79. The summed E-state index contributed by atoms with van der Waals surface area (Å²) in [6.45, 7) is 0.369. The molecule has 0 aliphatic rings. The van der Waals surface area contributed by atoms with Crippen LogP contribution in [-0.2, 0) is 11.2 Å². The van der Waals surface area contributed by atoms with Crippen molar-refractivity contribution >= 4 is 34.1 Å². The van der Waals surface area contributed by atoms with Crippen LogP contribution < -0.4 is 11.1 Å². The molecule has 0 aliphatic heterocycles. The molecule has 3 aromatic rings. The first-order valence-corrected chi connectivity index (χ1v) is 8.22. The standard InChI is InChI=1S/C19H17ClFN3O/c20-14-3-6-16-17(7-8-23-18(16)10-14)24-11-13(19(22)25)9-12-1-4-15(21)5-2-12/h1-8,10,13H,9,11H2,(H2,22,25)(H,23,24). The highest BCUT2D eigenvalue weighted by molar-refractivity contribution is 6.31. The second-order valence-electron chi connectivity index (χ2n) is 5.83. The number of hydrogen-bond donors (Lipinski definition) is 2. The molecule has 4 nitrogen and oxygen atoms in total. The highest BCUT2D eigenvalue weighted by Gasteiger charge is 2.16. The summed E-state index contributed by atoms with van der Waals surface area (Å²) >= 11 is 5.99. The molecule has 0 bridgehead atoms. The van der Waals surface area contributed by atoms with Gasteiger partial charge in [0.25, 0.3) is 0 Å². The fourth-order valence-electron chi connectivity index (χ4n) is 2.69. The average Bonchev–Trinajstić information content (AvgIpc) is 2.59. The molecule has 0 spiro atoms. The number of nitrogens with two attached hydrogens (primary N) is 1. The minimum absolute atomic E-state index is 0.306. The Bertz CT molecular complexity index is 899. The van der Waals surface area contributed by atoms with E-state index in [1.165, 1.54) is 12.1 Å². The van der Waals surface area contributed by atoms with Crippen molar-refractivity contribution in [2.75, 3.05) is 11.9 Å². The van der Waals surface area contributed by atoms with E-state index in [-0.39, 0.29) is 5.82 Å². The molecular formula is C19H17ClFN3O. The Morgan fingerprint density at radius 2 is 1.96 bits per heavy atom. The monoisotopic (exact) mass is 357 g/mol. The Labute approximate surface area is 149 Å². The van der Waals surface area contributed by atoms with Gasteiger partial charge in [0.15, 0.2) is 0 Å². The number of hydrogen-bond acceptors (Lipinski definition) is 3. The van der Waals surface area contributed by atoms with Crippen LogP contribution >= 0.6 is 11.6 Å². The summed E-state index contributed by atoms with van der Waals surface area (Å²) in [7, 11) is 0. The first-order chi connectivity index (χ1) is 12.0. The fourth-order valence-corrected chi connectivity index (χ4v) is 2.85. The van der Waals surface area contributed by atoms with Gasteiger partial charge in [-0.3, -0.25) is 9.78 Å². The second-order valence-corrected chi connectivity index (χ2v) is 6.27. The number of aromatic nitrogens is 1. The molecule has 3 rings (SSSR count). The number of amides is 1. The lowest BCUT2D eigenvalue weighted by atomic mass is 9.98. The zero-order valence-electron chi connectivity index (χ0n) is 13.4. The molecule has 0 fully saturated rings. The van der Waals surface area contributed by atoms with Gasteiger partial charge in [-0.05, 0) is 48.4 Å². The van der Waals surface area contributed by atoms with Crippen LogP contribution in [0.5, 0.6) is 0 Å². The Balaban J connectivity index is 1.75. The highest BCUT2D eigenvalue weighted by Crippen LogP contribution is 2.24. The van der Waals surface area contributed by atoms with Crippen molar-refractivity contribution in [2.24, 2.45) is 11.7 Å². The van der Waals surface area contributed by atoms with Gasteiger partial charge in [0.2, 0.25) is 5.91 Å². The van der Waals surface area contributed by atoms with E-state index in [1.54, 1.807) is 30.5 Å². The number of benzene rings is 2. The van der Waals surface area contributed by atoms with Gasteiger partial charge in [-0.15, -0.1) is 0 Å². The molecule has 0 saturated carbocycles. The van der Waals surface area contributed by atoms with Crippen molar-refractivity contribution in [2.45, 2.75) is 6.42 Å². The topological polar surface area (TPSA) is 68.0 Å². The maximum atomic E-state index is 13.0. The third-order valence-electron chi connectivity index (χ3n) is 4.04. The first kappa shape index (κ1) is 17.2. The van der Waals surface area contributed by atoms with Crippen LogP contribution in [0.4, 0.5) is 10.1 Å². The van der Waals surface area contributed by atoms with Crippen LogP contribution in [0.25, 0.3) is 10.9 Å². The number of carbonyl (C=O) groups is 1. The predicted molar refractivity (Wildman–Crippen MR) is 98.0 cm³/mol. The van der Waals surface area contributed by atoms with E-state index in [9.17, 15) is 9.18 Å². The molecule has 1 aromatic heterocycles. The van der Waals surface area contributed by atoms with Crippen LogP contribution in [0.15, 0.2) is 54.7 Å². The van der Waals surface area contributed by atoms with E-state index < -0.39 is 11.8 Å². The van der Waals surface area contributed by atoms with Gasteiger partial charge in [0, 0.05) is 28.8 Å². The zero-order chi connectivity index (χ0) is 17.8. The normalized spacial score (nSPS) is 12.1.